The third-order valence-corrected chi connectivity index (χ3v) is 5.97. The van der Waals surface area contributed by atoms with Crippen LogP contribution < -0.4 is 15.4 Å². The van der Waals surface area contributed by atoms with Crippen molar-refractivity contribution in [1.29, 1.82) is 0 Å². The highest BCUT2D eigenvalue weighted by Crippen LogP contribution is 2.30. The van der Waals surface area contributed by atoms with Gasteiger partial charge in [0.1, 0.15) is 11.3 Å². The molecule has 31 heavy (non-hydrogen) atoms. The Morgan fingerprint density at radius 2 is 1.74 bits per heavy atom. The third-order valence-electron chi connectivity index (χ3n) is 5.97. The first-order chi connectivity index (χ1) is 15.0. The Kier molecular flexibility index (Phi) is 5.79. The lowest BCUT2D eigenvalue weighted by Crippen LogP contribution is -2.56. The molecule has 0 radical (unpaired) electrons. The summed E-state index contributed by atoms with van der Waals surface area (Å²) < 4.78 is 5.27. The Balaban J connectivity index is 1.35. The molecule has 2 N–H and O–H groups in total. The zero-order valence-corrected chi connectivity index (χ0v) is 17.5. The van der Waals surface area contributed by atoms with Crippen LogP contribution in [0, 0.1) is 0 Å². The number of likely N-dealkylation sites (tertiary alicyclic amines) is 1. The quantitative estimate of drug-likeness (QED) is 0.725. The zero-order chi connectivity index (χ0) is 21.8. The summed E-state index contributed by atoms with van der Waals surface area (Å²) >= 11 is 0. The van der Waals surface area contributed by atoms with E-state index in [1.165, 1.54) is 4.90 Å². The molecule has 2 aliphatic heterocycles. The molecule has 0 aliphatic carbocycles. The Morgan fingerprint density at radius 1 is 1.06 bits per heavy atom. The minimum atomic E-state index is -0.922. The van der Waals surface area contributed by atoms with E-state index in [1.54, 1.807) is 24.1 Å². The number of amides is 5. The molecule has 0 saturated carbocycles. The molecule has 0 atom stereocenters. The molecule has 2 aromatic carbocycles. The van der Waals surface area contributed by atoms with Crippen LogP contribution in [0.5, 0.6) is 5.75 Å². The summed E-state index contributed by atoms with van der Waals surface area (Å²) in [7, 11) is 1.55. The number of para-hydroxylation sites is 2. The van der Waals surface area contributed by atoms with Gasteiger partial charge in [-0.25, -0.2) is 9.59 Å². The number of rotatable bonds is 5. The van der Waals surface area contributed by atoms with Crippen molar-refractivity contribution in [3.8, 4) is 5.75 Å². The first-order valence-electron chi connectivity index (χ1n) is 10.4. The number of nitrogens with zero attached hydrogens (tertiary/aromatic N) is 2. The molecule has 8 heteroatoms. The second-order valence-electron chi connectivity index (χ2n) is 7.82. The topological polar surface area (TPSA) is 91.0 Å². The smallest absolute Gasteiger partial charge is 0.325 e. The van der Waals surface area contributed by atoms with Crippen molar-refractivity contribution in [3.63, 3.8) is 0 Å². The number of imide groups is 1. The normalized spacial score (nSPS) is 17.6. The van der Waals surface area contributed by atoms with Crippen LogP contribution in [0.4, 0.5) is 15.3 Å². The molecule has 2 heterocycles. The average Bonchev–Trinajstić information content (AvgIpc) is 3.02. The van der Waals surface area contributed by atoms with Crippen LogP contribution in [-0.2, 0) is 11.2 Å². The van der Waals surface area contributed by atoms with Crippen molar-refractivity contribution in [2.75, 3.05) is 32.1 Å². The van der Waals surface area contributed by atoms with E-state index in [0.29, 0.717) is 50.3 Å². The number of carbonyl (C=O) groups is 3. The summed E-state index contributed by atoms with van der Waals surface area (Å²) in [6.45, 7) is 1.09. The van der Waals surface area contributed by atoms with Crippen LogP contribution in [0.2, 0.25) is 0 Å². The van der Waals surface area contributed by atoms with Gasteiger partial charge in [0.2, 0.25) is 0 Å². The second-order valence-corrected chi connectivity index (χ2v) is 7.82. The number of ether oxygens (including phenoxy) is 1. The minimum absolute atomic E-state index is 0.196. The number of benzene rings is 2. The van der Waals surface area contributed by atoms with Gasteiger partial charge in [-0.2, -0.15) is 0 Å². The fourth-order valence-corrected chi connectivity index (χ4v) is 4.14. The molecule has 0 unspecified atom stereocenters. The van der Waals surface area contributed by atoms with Gasteiger partial charge in [0.15, 0.2) is 0 Å². The van der Waals surface area contributed by atoms with Gasteiger partial charge in [0.25, 0.3) is 5.91 Å². The van der Waals surface area contributed by atoms with Gasteiger partial charge < -0.3 is 20.3 Å². The van der Waals surface area contributed by atoms with E-state index in [9.17, 15) is 14.4 Å². The number of hydrogen-bond donors (Lipinski definition) is 2. The number of urea groups is 2. The average molecular weight is 422 g/mol. The molecule has 5 amide bonds. The third kappa shape index (κ3) is 4.19. The minimum Gasteiger partial charge on any atom is -0.495 e. The molecule has 1 spiro atoms. The van der Waals surface area contributed by atoms with Crippen LogP contribution in [-0.4, -0.2) is 60.1 Å². The fourth-order valence-electron chi connectivity index (χ4n) is 4.14. The largest absolute Gasteiger partial charge is 0.495 e. The fraction of sp³-hybridized carbons (Fsp3) is 0.348. The van der Waals surface area contributed by atoms with Crippen molar-refractivity contribution in [1.82, 2.24) is 15.1 Å². The maximum Gasteiger partial charge on any atom is 0.325 e. The molecular weight excluding hydrogens is 396 g/mol. The lowest BCUT2D eigenvalue weighted by Gasteiger charge is -2.37. The van der Waals surface area contributed by atoms with E-state index in [4.69, 9.17) is 4.74 Å². The number of piperidine rings is 1. The lowest BCUT2D eigenvalue weighted by molar-refractivity contribution is -0.132. The number of carbonyl (C=O) groups excluding carboxylic acids is 3. The number of hydrogen-bond acceptors (Lipinski definition) is 4. The van der Waals surface area contributed by atoms with Gasteiger partial charge in [-0.15, -0.1) is 0 Å². The highest BCUT2D eigenvalue weighted by atomic mass is 16.5. The Hall–Kier alpha value is -3.55. The number of nitrogens with one attached hydrogen (secondary N) is 2. The first kappa shape index (κ1) is 20.7. The Bertz CT molecular complexity index is 971. The van der Waals surface area contributed by atoms with Crippen LogP contribution >= 0.6 is 0 Å². The zero-order valence-electron chi connectivity index (χ0n) is 17.5. The molecule has 2 fully saturated rings. The molecule has 0 bridgehead atoms. The van der Waals surface area contributed by atoms with E-state index < -0.39 is 5.54 Å². The van der Waals surface area contributed by atoms with E-state index in [0.717, 1.165) is 5.56 Å². The Labute approximate surface area is 181 Å². The van der Waals surface area contributed by atoms with Crippen molar-refractivity contribution < 1.29 is 19.1 Å². The molecule has 0 aromatic heterocycles. The van der Waals surface area contributed by atoms with Crippen LogP contribution in [0.1, 0.15) is 18.4 Å². The molecule has 2 aromatic rings. The highest BCUT2D eigenvalue weighted by molar-refractivity contribution is 6.07. The predicted molar refractivity (Wildman–Crippen MR) is 116 cm³/mol. The molecule has 8 nitrogen and oxygen atoms in total. The summed E-state index contributed by atoms with van der Waals surface area (Å²) in [6, 6.07) is 16.4. The summed E-state index contributed by atoms with van der Waals surface area (Å²) in [5, 5.41) is 5.75. The van der Waals surface area contributed by atoms with E-state index in [-0.39, 0.29) is 18.0 Å². The maximum atomic E-state index is 13.1. The maximum absolute atomic E-state index is 13.1. The van der Waals surface area contributed by atoms with Crippen LogP contribution in [0.25, 0.3) is 0 Å². The summed E-state index contributed by atoms with van der Waals surface area (Å²) in [4.78, 5) is 41.2. The molecule has 4 rings (SSSR count). The second kappa shape index (κ2) is 8.67. The van der Waals surface area contributed by atoms with Crippen LogP contribution in [0.15, 0.2) is 54.6 Å². The predicted octanol–water partition coefficient (Wildman–Crippen LogP) is 2.86. The van der Waals surface area contributed by atoms with Crippen molar-refractivity contribution in [3.05, 3.63) is 60.2 Å². The van der Waals surface area contributed by atoms with Crippen molar-refractivity contribution in [2.24, 2.45) is 0 Å². The first-order valence-corrected chi connectivity index (χ1v) is 10.4. The van der Waals surface area contributed by atoms with Crippen molar-refractivity contribution in [2.45, 2.75) is 24.8 Å². The van der Waals surface area contributed by atoms with Gasteiger partial charge >= 0.3 is 12.1 Å². The number of methoxy groups -OCH3 is 1. The van der Waals surface area contributed by atoms with E-state index in [2.05, 4.69) is 10.6 Å². The van der Waals surface area contributed by atoms with Gasteiger partial charge in [-0.3, -0.25) is 9.69 Å². The molecule has 162 valence electrons. The summed E-state index contributed by atoms with van der Waals surface area (Å²) in [6.07, 6.45) is 1.39. The lowest BCUT2D eigenvalue weighted by atomic mass is 9.87. The monoisotopic (exact) mass is 422 g/mol. The SMILES string of the molecule is COc1ccccc1NC(=O)N1CCC2(CC1)NC(=O)N(CCc1ccccc1)C2=O. The molecule has 2 aliphatic rings. The summed E-state index contributed by atoms with van der Waals surface area (Å²) in [5.74, 6) is 0.384. The van der Waals surface area contributed by atoms with Gasteiger partial charge in [0.05, 0.1) is 12.8 Å². The van der Waals surface area contributed by atoms with E-state index in [1.807, 2.05) is 42.5 Å². The van der Waals surface area contributed by atoms with Gasteiger partial charge in [-0.05, 0) is 37.0 Å². The van der Waals surface area contributed by atoms with E-state index >= 15 is 0 Å². The van der Waals surface area contributed by atoms with Crippen LogP contribution in [0.3, 0.4) is 0 Å². The molecule has 2 saturated heterocycles. The standard InChI is InChI=1S/C23H26N4O4/c1-31-19-10-6-5-9-18(19)24-21(29)26-15-12-23(13-16-26)20(28)27(22(30)25-23)14-11-17-7-3-2-4-8-17/h2-10H,11-16H2,1H3,(H,24,29)(H,25,30). The summed E-state index contributed by atoms with van der Waals surface area (Å²) in [5.41, 5.74) is 0.745. The highest BCUT2D eigenvalue weighted by Gasteiger charge is 2.52. The molecular formula is C23H26N4O4. The van der Waals surface area contributed by atoms with Crippen molar-refractivity contribution >= 4 is 23.7 Å². The van der Waals surface area contributed by atoms with Gasteiger partial charge in [-0.1, -0.05) is 42.5 Å². The number of anilines is 1. The van der Waals surface area contributed by atoms with Gasteiger partial charge in [0, 0.05) is 19.6 Å². The Morgan fingerprint density at radius 3 is 2.45 bits per heavy atom.